The molecule has 2 aromatic heterocycles. The number of amides is 2. The third-order valence-corrected chi connectivity index (χ3v) is 5.68. The highest BCUT2D eigenvalue weighted by molar-refractivity contribution is 7.10. The van der Waals surface area contributed by atoms with E-state index in [1.165, 1.54) is 0 Å². The number of nitrogens with one attached hydrogen (secondary N) is 1. The van der Waals surface area contributed by atoms with Gasteiger partial charge in [-0.2, -0.15) is 5.10 Å². The Morgan fingerprint density at radius 3 is 2.71 bits per heavy atom. The largest absolute Gasteiger partial charge is 0.493 e. The van der Waals surface area contributed by atoms with E-state index in [4.69, 9.17) is 9.47 Å². The molecule has 1 N–H and O–H groups in total. The molecule has 0 saturated heterocycles. The minimum Gasteiger partial charge on any atom is -0.493 e. The average Bonchev–Trinajstić information content (AvgIpc) is 3.26. The number of hydrogen-bond acceptors (Lipinski definition) is 6. The zero-order valence-corrected chi connectivity index (χ0v) is 16.4. The minimum atomic E-state index is -0.209. The van der Waals surface area contributed by atoms with Gasteiger partial charge in [0.2, 0.25) is 0 Å². The lowest BCUT2D eigenvalue weighted by molar-refractivity contribution is 0.194. The van der Waals surface area contributed by atoms with Crippen LogP contribution in [0.2, 0.25) is 0 Å². The third kappa shape index (κ3) is 3.38. The second-order valence-electron chi connectivity index (χ2n) is 6.31. The summed E-state index contributed by atoms with van der Waals surface area (Å²) in [7, 11) is 3.25. The molecule has 3 aromatic rings. The molecular formula is C20H20N4O3S. The molecule has 144 valence electrons. The molecule has 28 heavy (non-hydrogen) atoms. The average molecular weight is 396 g/mol. The van der Waals surface area contributed by atoms with Crippen LogP contribution in [0, 0.1) is 0 Å². The molecule has 0 bridgehead atoms. The zero-order chi connectivity index (χ0) is 19.5. The molecule has 1 aliphatic heterocycles. The third-order valence-electron chi connectivity index (χ3n) is 4.75. The summed E-state index contributed by atoms with van der Waals surface area (Å²) in [4.78, 5) is 16.0. The number of anilines is 1. The lowest BCUT2D eigenvalue weighted by atomic mass is 9.91. The Kier molecular flexibility index (Phi) is 5.12. The van der Waals surface area contributed by atoms with E-state index >= 15 is 0 Å². The highest BCUT2D eigenvalue weighted by Crippen LogP contribution is 2.42. The van der Waals surface area contributed by atoms with E-state index in [0.717, 1.165) is 22.4 Å². The van der Waals surface area contributed by atoms with Crippen molar-refractivity contribution in [2.45, 2.75) is 12.5 Å². The molecule has 0 spiro atoms. The van der Waals surface area contributed by atoms with Gasteiger partial charge in [0.1, 0.15) is 0 Å². The quantitative estimate of drug-likeness (QED) is 0.727. The number of nitrogens with zero attached hydrogens (tertiary/aromatic N) is 3. The molecule has 7 nitrogen and oxygen atoms in total. The number of aromatic nitrogens is 2. The van der Waals surface area contributed by atoms with Crippen LogP contribution in [0.5, 0.6) is 11.5 Å². The second-order valence-corrected chi connectivity index (χ2v) is 7.29. The molecule has 2 amide bonds. The van der Waals surface area contributed by atoms with Crippen molar-refractivity contribution in [1.29, 1.82) is 0 Å². The standard InChI is InChI=1S/C20H20N4O3S/c1-26-15-11-13-7-9-24(20(25)22-18-6-3-8-21-23-18)19(17-5-4-10-28-17)14(13)12-16(15)27-2/h3-6,8,10-12,19H,7,9H2,1-2H3,(H,22,23,25)/t19-/m0/s1. The molecule has 0 unspecified atom stereocenters. The first-order valence-corrected chi connectivity index (χ1v) is 9.72. The van der Waals surface area contributed by atoms with E-state index in [1.54, 1.807) is 43.9 Å². The van der Waals surface area contributed by atoms with Gasteiger partial charge in [0.15, 0.2) is 17.3 Å². The Morgan fingerprint density at radius 2 is 2.04 bits per heavy atom. The van der Waals surface area contributed by atoms with E-state index < -0.39 is 0 Å². The van der Waals surface area contributed by atoms with Crippen LogP contribution in [0.25, 0.3) is 0 Å². The number of carbonyl (C=O) groups excluding carboxylic acids is 1. The van der Waals surface area contributed by atoms with Gasteiger partial charge in [-0.1, -0.05) is 6.07 Å². The van der Waals surface area contributed by atoms with Crippen molar-refractivity contribution in [2.75, 3.05) is 26.1 Å². The summed E-state index contributed by atoms with van der Waals surface area (Å²) in [6.45, 7) is 0.581. The highest BCUT2D eigenvalue weighted by atomic mass is 32.1. The number of urea groups is 1. The molecule has 4 rings (SSSR count). The van der Waals surface area contributed by atoms with Crippen molar-refractivity contribution >= 4 is 23.2 Å². The summed E-state index contributed by atoms with van der Waals surface area (Å²) in [5.74, 6) is 1.78. The van der Waals surface area contributed by atoms with Crippen LogP contribution in [0.15, 0.2) is 48.0 Å². The van der Waals surface area contributed by atoms with Gasteiger partial charge >= 0.3 is 6.03 Å². The Morgan fingerprint density at radius 1 is 1.21 bits per heavy atom. The Hall–Kier alpha value is -3.13. The summed E-state index contributed by atoms with van der Waals surface area (Å²) >= 11 is 1.62. The summed E-state index contributed by atoms with van der Waals surface area (Å²) in [5.41, 5.74) is 2.19. The zero-order valence-electron chi connectivity index (χ0n) is 15.6. The van der Waals surface area contributed by atoms with Crippen LogP contribution in [0.1, 0.15) is 22.0 Å². The van der Waals surface area contributed by atoms with Crippen LogP contribution in [0.4, 0.5) is 10.6 Å². The molecule has 0 saturated carbocycles. The van der Waals surface area contributed by atoms with Crippen molar-refractivity contribution in [3.63, 3.8) is 0 Å². The molecule has 8 heteroatoms. The van der Waals surface area contributed by atoms with Gasteiger partial charge in [-0.3, -0.25) is 5.32 Å². The van der Waals surface area contributed by atoms with Gasteiger partial charge in [-0.25, -0.2) is 4.79 Å². The number of rotatable bonds is 4. The molecule has 1 aliphatic rings. The summed E-state index contributed by atoms with van der Waals surface area (Å²) in [5, 5.41) is 12.6. The fourth-order valence-corrected chi connectivity index (χ4v) is 4.32. The molecule has 3 heterocycles. The number of fused-ring (bicyclic) bond motifs is 1. The maximum Gasteiger partial charge on any atom is 0.323 e. The van der Waals surface area contributed by atoms with Gasteiger partial charge in [-0.15, -0.1) is 16.4 Å². The van der Waals surface area contributed by atoms with Gasteiger partial charge in [0.25, 0.3) is 0 Å². The molecule has 0 fully saturated rings. The van der Waals surface area contributed by atoms with Crippen LogP contribution >= 0.6 is 11.3 Å². The molecule has 0 aliphatic carbocycles. The van der Waals surface area contributed by atoms with Crippen molar-refractivity contribution in [2.24, 2.45) is 0 Å². The topological polar surface area (TPSA) is 76.6 Å². The van der Waals surface area contributed by atoms with Gasteiger partial charge in [0, 0.05) is 17.6 Å². The second kappa shape index (κ2) is 7.85. The fourth-order valence-electron chi connectivity index (χ4n) is 3.47. The SMILES string of the molecule is COc1cc2c(cc1OC)[C@@H](c1cccs1)N(C(=O)Nc1cccnn1)CC2. The predicted octanol–water partition coefficient (Wildman–Crippen LogP) is 3.73. The van der Waals surface area contributed by atoms with Crippen LogP contribution in [-0.2, 0) is 6.42 Å². The van der Waals surface area contributed by atoms with Crippen LogP contribution in [0.3, 0.4) is 0 Å². The Bertz CT molecular complexity index is 963. The highest BCUT2D eigenvalue weighted by Gasteiger charge is 2.34. The lowest BCUT2D eigenvalue weighted by Gasteiger charge is -2.37. The first-order valence-electron chi connectivity index (χ1n) is 8.84. The Labute approximate surface area is 166 Å². The molecule has 1 atom stereocenters. The van der Waals surface area contributed by atoms with Crippen molar-refractivity contribution in [3.8, 4) is 11.5 Å². The van der Waals surface area contributed by atoms with Gasteiger partial charge < -0.3 is 14.4 Å². The van der Waals surface area contributed by atoms with E-state index in [0.29, 0.717) is 23.9 Å². The molecule has 1 aromatic carbocycles. The fraction of sp³-hybridized carbons (Fsp3) is 0.250. The van der Waals surface area contributed by atoms with E-state index in [1.807, 2.05) is 34.5 Å². The van der Waals surface area contributed by atoms with E-state index in [-0.39, 0.29) is 12.1 Å². The number of thiophene rings is 1. The van der Waals surface area contributed by atoms with Crippen molar-refractivity contribution in [1.82, 2.24) is 15.1 Å². The smallest absolute Gasteiger partial charge is 0.323 e. The molecule has 0 radical (unpaired) electrons. The van der Waals surface area contributed by atoms with E-state index in [2.05, 4.69) is 15.5 Å². The minimum absolute atomic E-state index is 0.208. The van der Waals surface area contributed by atoms with E-state index in [9.17, 15) is 4.79 Å². The number of hydrogen-bond donors (Lipinski definition) is 1. The summed E-state index contributed by atoms with van der Waals surface area (Å²) < 4.78 is 11.0. The normalized spacial score (nSPS) is 15.6. The van der Waals surface area contributed by atoms with Crippen molar-refractivity contribution < 1.29 is 14.3 Å². The monoisotopic (exact) mass is 396 g/mol. The number of methoxy groups -OCH3 is 2. The van der Waals surface area contributed by atoms with Crippen LogP contribution in [-0.4, -0.2) is 41.9 Å². The maximum atomic E-state index is 13.1. The first-order chi connectivity index (χ1) is 13.7. The maximum absolute atomic E-state index is 13.1. The summed E-state index contributed by atoms with van der Waals surface area (Å²) in [6.07, 6.45) is 2.30. The molecular weight excluding hydrogens is 376 g/mol. The number of carbonyl (C=O) groups is 1. The lowest BCUT2D eigenvalue weighted by Crippen LogP contribution is -2.42. The predicted molar refractivity (Wildman–Crippen MR) is 107 cm³/mol. The van der Waals surface area contributed by atoms with Gasteiger partial charge in [0.05, 0.1) is 20.3 Å². The number of ether oxygens (including phenoxy) is 2. The van der Waals surface area contributed by atoms with Crippen molar-refractivity contribution in [3.05, 3.63) is 64.0 Å². The van der Waals surface area contributed by atoms with Gasteiger partial charge in [-0.05, 0) is 53.3 Å². The Balaban J connectivity index is 1.73. The number of benzene rings is 1. The summed E-state index contributed by atoms with van der Waals surface area (Å²) in [6, 6.07) is 11.1. The van der Waals surface area contributed by atoms with Crippen LogP contribution < -0.4 is 14.8 Å². The first kappa shape index (κ1) is 18.2.